The van der Waals surface area contributed by atoms with Gasteiger partial charge in [-0.1, -0.05) is 18.2 Å². The van der Waals surface area contributed by atoms with E-state index in [4.69, 9.17) is 14.2 Å². The third-order valence-electron chi connectivity index (χ3n) is 5.17. The number of nitrogens with one attached hydrogen (secondary N) is 1. The first kappa shape index (κ1) is 21.7. The first-order valence-corrected chi connectivity index (χ1v) is 10.9. The van der Waals surface area contributed by atoms with Crippen molar-refractivity contribution in [3.8, 4) is 17.2 Å². The number of ether oxygens (including phenoxy) is 3. The molecule has 2 heterocycles. The molecule has 0 bridgehead atoms. The molecule has 8 heteroatoms. The Balaban J connectivity index is 1.66. The number of para-hydroxylation sites is 1. The lowest BCUT2D eigenvalue weighted by molar-refractivity contribution is 0.102. The Kier molecular flexibility index (Phi) is 6.91. The van der Waals surface area contributed by atoms with Crippen LogP contribution in [-0.4, -0.2) is 55.0 Å². The molecular formula is C24H28N4O4. The topological polar surface area (TPSA) is 77.8 Å². The van der Waals surface area contributed by atoms with Crippen molar-refractivity contribution < 1.29 is 19.0 Å². The van der Waals surface area contributed by atoms with Crippen LogP contribution in [0.3, 0.4) is 0 Å². The normalized spacial score (nSPS) is 13.6. The fraction of sp³-hybridized carbons (Fsp3) is 0.333. The lowest BCUT2D eigenvalue weighted by atomic mass is 10.2. The van der Waals surface area contributed by atoms with E-state index >= 15 is 0 Å². The van der Waals surface area contributed by atoms with Crippen LogP contribution in [0.4, 0.5) is 11.4 Å². The van der Waals surface area contributed by atoms with Gasteiger partial charge in [-0.05, 0) is 26.0 Å². The molecule has 3 aromatic rings. The predicted octanol–water partition coefficient (Wildman–Crippen LogP) is 3.76. The average Bonchev–Trinajstić information content (AvgIpc) is 3.32. The van der Waals surface area contributed by atoms with E-state index < -0.39 is 0 Å². The maximum atomic E-state index is 13.2. The zero-order chi connectivity index (χ0) is 22.3. The largest absolute Gasteiger partial charge is 0.492 e. The number of nitrogens with zero attached hydrogens (tertiary/aromatic N) is 3. The summed E-state index contributed by atoms with van der Waals surface area (Å²) in [6.07, 6.45) is 3.18. The molecule has 1 aliphatic rings. The minimum atomic E-state index is -0.283. The Bertz CT molecular complexity index is 1050. The first-order valence-electron chi connectivity index (χ1n) is 10.9. The van der Waals surface area contributed by atoms with E-state index in [1.165, 1.54) is 0 Å². The van der Waals surface area contributed by atoms with Gasteiger partial charge in [0, 0.05) is 30.9 Å². The fourth-order valence-electron chi connectivity index (χ4n) is 3.69. The summed E-state index contributed by atoms with van der Waals surface area (Å²) in [7, 11) is 0. The van der Waals surface area contributed by atoms with Crippen LogP contribution in [0.25, 0.3) is 5.69 Å². The number of amides is 1. The number of imidazole rings is 1. The van der Waals surface area contributed by atoms with Gasteiger partial charge in [0.05, 0.1) is 50.3 Å². The lowest BCUT2D eigenvalue weighted by Gasteiger charge is -2.31. The Labute approximate surface area is 187 Å². The molecule has 32 heavy (non-hydrogen) atoms. The van der Waals surface area contributed by atoms with E-state index in [0.717, 1.165) is 24.5 Å². The smallest absolute Gasteiger partial charge is 0.274 e. The quantitative estimate of drug-likeness (QED) is 0.579. The molecule has 1 aliphatic heterocycles. The molecule has 1 N–H and O–H groups in total. The average molecular weight is 437 g/mol. The number of hydrogen-bond donors (Lipinski definition) is 1. The van der Waals surface area contributed by atoms with Crippen molar-refractivity contribution in [2.75, 3.05) is 49.7 Å². The Morgan fingerprint density at radius 2 is 1.78 bits per heavy atom. The van der Waals surface area contributed by atoms with Crippen LogP contribution in [0, 0.1) is 0 Å². The summed E-state index contributed by atoms with van der Waals surface area (Å²) in [5.41, 5.74) is 2.77. The molecule has 1 saturated heterocycles. The molecule has 168 valence electrons. The molecule has 1 aromatic heterocycles. The number of morpholine rings is 1. The van der Waals surface area contributed by atoms with Crippen LogP contribution >= 0.6 is 0 Å². The summed E-state index contributed by atoms with van der Waals surface area (Å²) in [5.74, 6) is 1.01. The van der Waals surface area contributed by atoms with Crippen molar-refractivity contribution in [2.24, 2.45) is 0 Å². The van der Waals surface area contributed by atoms with Crippen LogP contribution in [0.1, 0.15) is 24.3 Å². The van der Waals surface area contributed by atoms with Crippen LogP contribution in [0.2, 0.25) is 0 Å². The second kappa shape index (κ2) is 10.2. The molecule has 4 rings (SSSR count). The minimum Gasteiger partial charge on any atom is -0.492 e. The highest BCUT2D eigenvalue weighted by Gasteiger charge is 2.22. The molecule has 0 saturated carbocycles. The maximum absolute atomic E-state index is 13.2. The minimum absolute atomic E-state index is 0.283. The van der Waals surface area contributed by atoms with Crippen molar-refractivity contribution >= 4 is 17.3 Å². The zero-order valence-corrected chi connectivity index (χ0v) is 18.4. The van der Waals surface area contributed by atoms with Gasteiger partial charge in [0.2, 0.25) is 0 Å². The molecule has 0 radical (unpaired) electrons. The number of rotatable bonds is 8. The zero-order valence-electron chi connectivity index (χ0n) is 18.4. The second-order valence-electron chi connectivity index (χ2n) is 7.22. The van der Waals surface area contributed by atoms with Crippen LogP contribution in [0.15, 0.2) is 55.0 Å². The SMILES string of the molecule is CCOc1cc(N2CCOCC2)c(OCC)cc1NC(=O)c1cncn1-c1ccccc1. The van der Waals surface area contributed by atoms with Gasteiger partial charge in [0.25, 0.3) is 5.91 Å². The number of anilines is 2. The van der Waals surface area contributed by atoms with Crippen molar-refractivity contribution in [1.82, 2.24) is 9.55 Å². The van der Waals surface area contributed by atoms with E-state index in [9.17, 15) is 4.79 Å². The molecule has 2 aromatic carbocycles. The number of carbonyl (C=O) groups excluding carboxylic acids is 1. The molecule has 1 fully saturated rings. The highest BCUT2D eigenvalue weighted by Crippen LogP contribution is 2.39. The number of aromatic nitrogens is 2. The molecule has 0 unspecified atom stereocenters. The van der Waals surface area contributed by atoms with Crippen LogP contribution in [0.5, 0.6) is 11.5 Å². The van der Waals surface area contributed by atoms with Gasteiger partial charge in [-0.15, -0.1) is 0 Å². The molecule has 1 amide bonds. The summed E-state index contributed by atoms with van der Waals surface area (Å²) in [5, 5.41) is 2.99. The predicted molar refractivity (Wildman–Crippen MR) is 123 cm³/mol. The molecule has 0 atom stereocenters. The van der Waals surface area contributed by atoms with E-state index in [1.807, 2.05) is 56.3 Å². The highest BCUT2D eigenvalue weighted by atomic mass is 16.5. The summed E-state index contributed by atoms with van der Waals surface area (Å²) < 4.78 is 19.0. The van der Waals surface area contributed by atoms with Gasteiger partial charge in [0.15, 0.2) is 0 Å². The molecule has 0 spiro atoms. The van der Waals surface area contributed by atoms with Crippen molar-refractivity contribution in [1.29, 1.82) is 0 Å². The highest BCUT2D eigenvalue weighted by molar-refractivity contribution is 6.04. The van der Waals surface area contributed by atoms with E-state index in [0.29, 0.717) is 49.3 Å². The van der Waals surface area contributed by atoms with E-state index in [2.05, 4.69) is 15.2 Å². The van der Waals surface area contributed by atoms with Gasteiger partial charge in [0.1, 0.15) is 17.2 Å². The van der Waals surface area contributed by atoms with Gasteiger partial charge in [-0.25, -0.2) is 4.98 Å². The molecule has 0 aliphatic carbocycles. The van der Waals surface area contributed by atoms with Crippen LogP contribution < -0.4 is 19.7 Å². The Morgan fingerprint density at radius 3 is 2.50 bits per heavy atom. The number of carbonyl (C=O) groups is 1. The monoisotopic (exact) mass is 436 g/mol. The first-order chi connectivity index (χ1) is 15.7. The summed E-state index contributed by atoms with van der Waals surface area (Å²) in [6, 6.07) is 13.4. The third kappa shape index (κ3) is 4.70. The summed E-state index contributed by atoms with van der Waals surface area (Å²) in [6.45, 7) is 7.72. The standard InChI is InChI=1S/C24H28N4O4/c1-3-31-22-15-20(27-10-12-30-13-11-27)23(32-4-2)14-19(22)26-24(29)21-16-25-17-28(21)18-8-6-5-7-9-18/h5-9,14-17H,3-4,10-13H2,1-2H3,(H,26,29). The molecule has 8 nitrogen and oxygen atoms in total. The third-order valence-corrected chi connectivity index (χ3v) is 5.17. The van der Waals surface area contributed by atoms with E-state index in [-0.39, 0.29) is 5.91 Å². The van der Waals surface area contributed by atoms with E-state index in [1.54, 1.807) is 17.1 Å². The Morgan fingerprint density at radius 1 is 1.06 bits per heavy atom. The number of benzene rings is 2. The van der Waals surface area contributed by atoms with Gasteiger partial charge in [-0.3, -0.25) is 9.36 Å². The number of hydrogen-bond acceptors (Lipinski definition) is 6. The van der Waals surface area contributed by atoms with Gasteiger partial charge in [-0.2, -0.15) is 0 Å². The van der Waals surface area contributed by atoms with Gasteiger partial charge >= 0.3 is 0 Å². The maximum Gasteiger partial charge on any atom is 0.274 e. The van der Waals surface area contributed by atoms with Crippen molar-refractivity contribution in [2.45, 2.75) is 13.8 Å². The van der Waals surface area contributed by atoms with Gasteiger partial charge < -0.3 is 24.4 Å². The summed E-state index contributed by atoms with van der Waals surface area (Å²) in [4.78, 5) is 19.6. The second-order valence-corrected chi connectivity index (χ2v) is 7.22. The van der Waals surface area contributed by atoms with Crippen LogP contribution in [-0.2, 0) is 4.74 Å². The fourth-order valence-corrected chi connectivity index (χ4v) is 3.69. The Hall–Kier alpha value is -3.52. The lowest BCUT2D eigenvalue weighted by Crippen LogP contribution is -2.36. The molecular weight excluding hydrogens is 408 g/mol. The van der Waals surface area contributed by atoms with Crippen molar-refractivity contribution in [3.05, 3.63) is 60.7 Å². The summed E-state index contributed by atoms with van der Waals surface area (Å²) >= 11 is 0. The van der Waals surface area contributed by atoms with Crippen molar-refractivity contribution in [3.63, 3.8) is 0 Å².